The number of aliphatic hydroxyl groups excluding tert-OH is 1. The third-order valence-corrected chi connectivity index (χ3v) is 6.57. The number of carbonyl (C=O) groups is 1. The lowest BCUT2D eigenvalue weighted by Crippen LogP contribution is -2.25. The SMILES string of the molecule is CC(C(=O)CC[C@@H](C)O)c1ccc(O[C@@H]2CCN(c3ccc(OCC4CC4(F)F)cn3)C2)cc1. The number of nitrogens with zero attached hydrogens (tertiary/aromatic N) is 2. The second-order valence-corrected chi connectivity index (χ2v) is 9.44. The molecule has 0 amide bonds. The van der Waals surface area contributed by atoms with E-state index in [-0.39, 0.29) is 30.8 Å². The van der Waals surface area contributed by atoms with Gasteiger partial charge in [0, 0.05) is 31.7 Å². The summed E-state index contributed by atoms with van der Waals surface area (Å²) in [5.41, 5.74) is 0.938. The molecule has 2 unspecified atom stereocenters. The summed E-state index contributed by atoms with van der Waals surface area (Å²) in [6, 6.07) is 11.2. The number of ether oxygens (including phenoxy) is 2. The summed E-state index contributed by atoms with van der Waals surface area (Å²) >= 11 is 0. The molecule has 0 bridgehead atoms. The number of ketones is 1. The zero-order valence-corrected chi connectivity index (χ0v) is 19.6. The molecule has 34 heavy (non-hydrogen) atoms. The van der Waals surface area contributed by atoms with Crippen molar-refractivity contribution in [3.8, 4) is 11.5 Å². The van der Waals surface area contributed by atoms with E-state index in [4.69, 9.17) is 9.47 Å². The Labute approximate surface area is 198 Å². The van der Waals surface area contributed by atoms with Gasteiger partial charge in [0.05, 0.1) is 31.4 Å². The van der Waals surface area contributed by atoms with Crippen molar-refractivity contribution in [1.29, 1.82) is 0 Å². The van der Waals surface area contributed by atoms with Crippen LogP contribution in [0.1, 0.15) is 51.0 Å². The summed E-state index contributed by atoms with van der Waals surface area (Å²) in [6.45, 7) is 5.09. The third kappa shape index (κ3) is 6.23. The molecule has 4 rings (SSSR count). The second kappa shape index (κ2) is 10.3. The zero-order chi connectivity index (χ0) is 24.3. The predicted octanol–water partition coefficient (Wildman–Crippen LogP) is 4.61. The van der Waals surface area contributed by atoms with Crippen LogP contribution in [0, 0.1) is 5.92 Å². The van der Waals surface area contributed by atoms with Gasteiger partial charge in [0.1, 0.15) is 29.2 Å². The van der Waals surface area contributed by atoms with Crippen LogP contribution < -0.4 is 14.4 Å². The largest absolute Gasteiger partial charge is 0.491 e. The number of anilines is 1. The molecule has 4 atom stereocenters. The van der Waals surface area contributed by atoms with Crippen LogP contribution in [0.25, 0.3) is 0 Å². The number of rotatable bonds is 11. The van der Waals surface area contributed by atoms with Gasteiger partial charge in [0.25, 0.3) is 5.92 Å². The minimum atomic E-state index is -2.58. The lowest BCUT2D eigenvalue weighted by atomic mass is 9.93. The smallest absolute Gasteiger partial charge is 0.255 e. The van der Waals surface area contributed by atoms with Crippen molar-refractivity contribution in [2.75, 3.05) is 24.6 Å². The first-order valence-electron chi connectivity index (χ1n) is 11.9. The predicted molar refractivity (Wildman–Crippen MR) is 125 cm³/mol. The minimum Gasteiger partial charge on any atom is -0.491 e. The molecule has 0 spiro atoms. The molecule has 1 saturated heterocycles. The molecule has 1 aromatic heterocycles. The van der Waals surface area contributed by atoms with Crippen LogP contribution in [0.5, 0.6) is 11.5 Å². The first kappa shape index (κ1) is 24.4. The summed E-state index contributed by atoms with van der Waals surface area (Å²) in [5, 5.41) is 9.38. The van der Waals surface area contributed by atoms with Gasteiger partial charge in [-0.15, -0.1) is 0 Å². The number of alkyl halides is 2. The first-order chi connectivity index (χ1) is 16.2. The summed E-state index contributed by atoms with van der Waals surface area (Å²) in [7, 11) is 0. The van der Waals surface area contributed by atoms with Crippen molar-refractivity contribution in [2.45, 2.75) is 63.6 Å². The van der Waals surface area contributed by atoms with Crippen molar-refractivity contribution in [3.63, 3.8) is 0 Å². The summed E-state index contributed by atoms with van der Waals surface area (Å²) in [6.07, 6.45) is 2.73. The molecule has 6 nitrogen and oxygen atoms in total. The standard InChI is InChI=1S/C26H32F2N2O4/c1-17(31)3-9-24(32)18(2)19-4-6-21(7-5-19)34-23-11-12-30(15-23)25-10-8-22(14-29-25)33-16-20-13-26(20,27)28/h4-8,10,14,17-18,20,23,31H,3,9,11-13,15-16H2,1-2H3/t17-,18?,20?,23-/m1/s1. The number of halogens is 2. The van der Waals surface area contributed by atoms with Gasteiger partial charge in [-0.05, 0) is 43.2 Å². The van der Waals surface area contributed by atoms with Crippen LogP contribution >= 0.6 is 0 Å². The highest BCUT2D eigenvalue weighted by molar-refractivity contribution is 5.85. The van der Waals surface area contributed by atoms with E-state index in [1.807, 2.05) is 37.3 Å². The fourth-order valence-electron chi connectivity index (χ4n) is 4.11. The van der Waals surface area contributed by atoms with Crippen molar-refractivity contribution >= 4 is 11.6 Å². The van der Waals surface area contributed by atoms with Crippen molar-refractivity contribution in [2.24, 2.45) is 5.92 Å². The number of Topliss-reactive ketones (excluding diaryl/α,β-unsaturated/α-hetero) is 1. The third-order valence-electron chi connectivity index (χ3n) is 6.57. The van der Waals surface area contributed by atoms with Gasteiger partial charge in [-0.1, -0.05) is 19.1 Å². The number of carbonyl (C=O) groups excluding carboxylic acids is 1. The van der Waals surface area contributed by atoms with E-state index >= 15 is 0 Å². The molecule has 2 aliphatic rings. The highest BCUT2D eigenvalue weighted by Crippen LogP contribution is 2.48. The quantitative estimate of drug-likeness (QED) is 0.513. The Bertz CT molecular complexity index is 966. The maximum atomic E-state index is 13.0. The molecule has 2 heterocycles. The Balaban J connectivity index is 1.24. The molecule has 184 valence electrons. The van der Waals surface area contributed by atoms with E-state index in [0.29, 0.717) is 25.1 Å². The van der Waals surface area contributed by atoms with Crippen molar-refractivity contribution in [1.82, 2.24) is 4.98 Å². The number of hydrogen-bond donors (Lipinski definition) is 1. The zero-order valence-electron chi connectivity index (χ0n) is 19.6. The van der Waals surface area contributed by atoms with Gasteiger partial charge >= 0.3 is 0 Å². The van der Waals surface area contributed by atoms with Gasteiger partial charge in [-0.2, -0.15) is 0 Å². The highest BCUT2D eigenvalue weighted by atomic mass is 19.3. The molecule has 1 aromatic carbocycles. The molecule has 0 radical (unpaired) electrons. The topological polar surface area (TPSA) is 71.9 Å². The Morgan fingerprint density at radius 3 is 2.53 bits per heavy atom. The molecule has 1 aliphatic heterocycles. The number of hydrogen-bond acceptors (Lipinski definition) is 6. The molecular weight excluding hydrogens is 442 g/mol. The summed E-state index contributed by atoms with van der Waals surface area (Å²) in [5.74, 6) is -1.30. The van der Waals surface area contributed by atoms with E-state index in [0.717, 1.165) is 30.1 Å². The lowest BCUT2D eigenvalue weighted by molar-refractivity contribution is -0.120. The Morgan fingerprint density at radius 2 is 1.91 bits per heavy atom. The normalized spacial score (nSPS) is 22.8. The Morgan fingerprint density at radius 1 is 1.21 bits per heavy atom. The fourth-order valence-corrected chi connectivity index (χ4v) is 4.11. The number of pyridine rings is 1. The van der Waals surface area contributed by atoms with E-state index < -0.39 is 17.9 Å². The molecule has 1 saturated carbocycles. The van der Waals surface area contributed by atoms with Crippen molar-refractivity contribution in [3.05, 3.63) is 48.2 Å². The highest BCUT2D eigenvalue weighted by Gasteiger charge is 2.57. The molecule has 1 N–H and O–H groups in total. The lowest BCUT2D eigenvalue weighted by Gasteiger charge is -2.19. The first-order valence-corrected chi connectivity index (χ1v) is 11.9. The maximum Gasteiger partial charge on any atom is 0.255 e. The van der Waals surface area contributed by atoms with Crippen LogP contribution in [0.3, 0.4) is 0 Å². The number of benzene rings is 1. The second-order valence-electron chi connectivity index (χ2n) is 9.44. The van der Waals surface area contributed by atoms with E-state index in [2.05, 4.69) is 9.88 Å². The summed E-state index contributed by atoms with van der Waals surface area (Å²) in [4.78, 5) is 18.9. The minimum absolute atomic E-state index is 0.0151. The van der Waals surface area contributed by atoms with Crippen LogP contribution in [0.4, 0.5) is 14.6 Å². The van der Waals surface area contributed by atoms with Crippen LogP contribution in [0.2, 0.25) is 0 Å². The van der Waals surface area contributed by atoms with Crippen molar-refractivity contribution < 1.29 is 28.2 Å². The average molecular weight is 475 g/mol. The molecular formula is C26H32F2N2O4. The van der Waals surface area contributed by atoms with Crippen LogP contribution in [-0.2, 0) is 4.79 Å². The number of aliphatic hydroxyl groups is 1. The molecule has 2 aromatic rings. The van der Waals surface area contributed by atoms with Crippen LogP contribution in [-0.4, -0.2) is 53.7 Å². The average Bonchev–Trinajstić information content (AvgIpc) is 3.19. The van der Waals surface area contributed by atoms with Gasteiger partial charge in [0.15, 0.2) is 0 Å². The molecule has 2 fully saturated rings. The van der Waals surface area contributed by atoms with Gasteiger partial charge in [-0.3, -0.25) is 4.79 Å². The molecule has 1 aliphatic carbocycles. The van der Waals surface area contributed by atoms with Crippen LogP contribution in [0.15, 0.2) is 42.6 Å². The Hall–Kier alpha value is -2.74. The maximum absolute atomic E-state index is 13.0. The van der Waals surface area contributed by atoms with E-state index in [1.165, 1.54) is 0 Å². The molecule has 8 heteroatoms. The van der Waals surface area contributed by atoms with Gasteiger partial charge in [-0.25, -0.2) is 13.8 Å². The van der Waals surface area contributed by atoms with Gasteiger partial charge in [0.2, 0.25) is 0 Å². The van der Waals surface area contributed by atoms with Gasteiger partial charge < -0.3 is 19.5 Å². The monoisotopic (exact) mass is 474 g/mol. The van der Waals surface area contributed by atoms with E-state index in [1.54, 1.807) is 19.2 Å². The Kier molecular flexibility index (Phi) is 7.36. The van der Waals surface area contributed by atoms with E-state index in [9.17, 15) is 18.7 Å². The number of aromatic nitrogens is 1. The fraction of sp³-hybridized carbons (Fsp3) is 0.538. The summed E-state index contributed by atoms with van der Waals surface area (Å²) < 4.78 is 37.5.